The number of aliphatic carboxylic acids is 1. The van der Waals surface area contributed by atoms with E-state index < -0.39 is 16.3 Å². The molecule has 0 saturated carbocycles. The third-order valence-corrected chi connectivity index (χ3v) is 3.18. The first-order valence-electron chi connectivity index (χ1n) is 5.26. The van der Waals surface area contributed by atoms with E-state index >= 15 is 0 Å². The molecule has 1 fully saturated rings. The summed E-state index contributed by atoms with van der Waals surface area (Å²) in [5, 5.41) is 23.3. The summed E-state index contributed by atoms with van der Waals surface area (Å²) in [6.07, 6.45) is 0.368. The van der Waals surface area contributed by atoms with Crippen LogP contribution in [0, 0.1) is 10.1 Å². The van der Waals surface area contributed by atoms with Crippen molar-refractivity contribution < 1.29 is 14.8 Å². The molecule has 1 unspecified atom stereocenters. The Bertz CT molecular complexity index is 466. The molecule has 0 aromatic heterocycles. The topological polar surface area (TPSA) is 92.5 Å². The Hall–Kier alpha value is -1.95. The third-order valence-electron chi connectivity index (χ3n) is 3.18. The van der Waals surface area contributed by atoms with Crippen molar-refractivity contribution >= 4 is 11.7 Å². The first-order chi connectivity index (χ1) is 8.08. The molecular formula is C11H12N2O4. The van der Waals surface area contributed by atoms with Crippen molar-refractivity contribution in [2.24, 2.45) is 0 Å². The Morgan fingerprint density at radius 1 is 1.47 bits per heavy atom. The number of carboxylic acid groups (broad SMARTS) is 1. The highest BCUT2D eigenvalue weighted by atomic mass is 16.6. The van der Waals surface area contributed by atoms with E-state index in [1.165, 1.54) is 12.1 Å². The Balaban J connectivity index is 2.58. The van der Waals surface area contributed by atoms with E-state index in [-0.39, 0.29) is 17.8 Å². The van der Waals surface area contributed by atoms with Crippen LogP contribution in [-0.4, -0.2) is 29.1 Å². The molecular weight excluding hydrogens is 224 g/mol. The normalized spacial score (nSPS) is 23.5. The summed E-state index contributed by atoms with van der Waals surface area (Å²) in [6, 6.07) is 6.04. The number of para-hydroxylation sites is 1. The maximum Gasteiger partial charge on any atom is 0.315 e. The number of rotatable bonds is 3. The number of nitrogens with zero attached hydrogens (tertiary/aromatic N) is 1. The van der Waals surface area contributed by atoms with Gasteiger partial charge in [0.15, 0.2) is 0 Å². The number of nitro groups is 1. The highest BCUT2D eigenvalue weighted by Gasteiger charge is 2.46. The molecule has 1 saturated heterocycles. The minimum Gasteiger partial charge on any atom is -0.481 e. The molecule has 0 radical (unpaired) electrons. The Morgan fingerprint density at radius 2 is 2.18 bits per heavy atom. The highest BCUT2D eigenvalue weighted by molar-refractivity contribution is 5.84. The zero-order chi connectivity index (χ0) is 12.5. The number of nitro benzene ring substituents is 1. The number of carbonyl (C=O) groups is 1. The second-order valence-corrected chi connectivity index (χ2v) is 4.09. The maximum absolute atomic E-state index is 11.4. The molecule has 1 aromatic carbocycles. The summed E-state index contributed by atoms with van der Waals surface area (Å²) >= 11 is 0. The van der Waals surface area contributed by atoms with E-state index in [2.05, 4.69) is 5.32 Å². The van der Waals surface area contributed by atoms with Crippen molar-refractivity contribution in [3.63, 3.8) is 0 Å². The van der Waals surface area contributed by atoms with Crippen LogP contribution in [0.3, 0.4) is 0 Å². The monoisotopic (exact) mass is 236 g/mol. The first kappa shape index (κ1) is 11.5. The molecule has 1 aliphatic rings. The summed E-state index contributed by atoms with van der Waals surface area (Å²) in [5.41, 5.74) is -1.02. The number of nitrogens with one attached hydrogen (secondary N) is 1. The van der Waals surface area contributed by atoms with Crippen LogP contribution in [0.15, 0.2) is 24.3 Å². The zero-order valence-electron chi connectivity index (χ0n) is 9.05. The lowest BCUT2D eigenvalue weighted by Crippen LogP contribution is -2.38. The molecule has 1 heterocycles. The second kappa shape index (κ2) is 4.14. The molecule has 0 spiro atoms. The van der Waals surface area contributed by atoms with Crippen LogP contribution >= 0.6 is 0 Å². The van der Waals surface area contributed by atoms with E-state index in [4.69, 9.17) is 0 Å². The van der Waals surface area contributed by atoms with Crippen molar-refractivity contribution in [1.82, 2.24) is 5.32 Å². The van der Waals surface area contributed by atoms with E-state index in [0.717, 1.165) is 0 Å². The molecule has 2 N–H and O–H groups in total. The van der Waals surface area contributed by atoms with Crippen molar-refractivity contribution in [3.05, 3.63) is 39.9 Å². The third kappa shape index (κ3) is 1.76. The SMILES string of the molecule is O=C(O)C1(c2ccccc2[N+](=O)[O-])CCNC1. The molecule has 1 atom stereocenters. The van der Waals surface area contributed by atoms with Gasteiger partial charge in [-0.25, -0.2) is 0 Å². The van der Waals surface area contributed by atoms with Gasteiger partial charge in [-0.05, 0) is 13.0 Å². The molecule has 1 aliphatic heterocycles. The summed E-state index contributed by atoms with van der Waals surface area (Å²) in [6.45, 7) is 0.783. The van der Waals surface area contributed by atoms with Gasteiger partial charge >= 0.3 is 5.97 Å². The maximum atomic E-state index is 11.4. The summed E-state index contributed by atoms with van der Waals surface area (Å²) < 4.78 is 0. The van der Waals surface area contributed by atoms with Crippen molar-refractivity contribution in [3.8, 4) is 0 Å². The predicted molar refractivity (Wildman–Crippen MR) is 59.9 cm³/mol. The van der Waals surface area contributed by atoms with Crippen LogP contribution < -0.4 is 5.32 Å². The van der Waals surface area contributed by atoms with Gasteiger partial charge in [-0.15, -0.1) is 0 Å². The zero-order valence-corrected chi connectivity index (χ0v) is 9.05. The molecule has 6 heteroatoms. The first-order valence-corrected chi connectivity index (χ1v) is 5.26. The molecule has 1 aromatic rings. The summed E-state index contributed by atoms with van der Waals surface area (Å²) in [5.74, 6) is -1.02. The van der Waals surface area contributed by atoms with Gasteiger partial charge in [0.05, 0.1) is 4.92 Å². The van der Waals surface area contributed by atoms with Gasteiger partial charge in [-0.1, -0.05) is 18.2 Å². The minimum absolute atomic E-state index is 0.126. The summed E-state index contributed by atoms with van der Waals surface area (Å²) in [7, 11) is 0. The predicted octanol–water partition coefficient (Wildman–Crippen LogP) is 0.910. The average Bonchev–Trinajstić information content (AvgIpc) is 2.79. The fourth-order valence-electron chi connectivity index (χ4n) is 2.26. The van der Waals surface area contributed by atoms with Crippen LogP contribution in [0.5, 0.6) is 0 Å². The average molecular weight is 236 g/mol. The van der Waals surface area contributed by atoms with E-state index in [9.17, 15) is 20.0 Å². The molecule has 17 heavy (non-hydrogen) atoms. The van der Waals surface area contributed by atoms with E-state index in [1.807, 2.05) is 0 Å². The summed E-state index contributed by atoms with van der Waals surface area (Å²) in [4.78, 5) is 21.8. The van der Waals surface area contributed by atoms with Gasteiger partial charge in [0.1, 0.15) is 5.41 Å². The van der Waals surface area contributed by atoms with Gasteiger partial charge in [-0.3, -0.25) is 14.9 Å². The van der Waals surface area contributed by atoms with Gasteiger partial charge in [0.2, 0.25) is 0 Å². The smallest absolute Gasteiger partial charge is 0.315 e. The van der Waals surface area contributed by atoms with Crippen molar-refractivity contribution in [2.75, 3.05) is 13.1 Å². The van der Waals surface area contributed by atoms with Crippen molar-refractivity contribution in [1.29, 1.82) is 0 Å². The van der Waals surface area contributed by atoms with Crippen LogP contribution in [-0.2, 0) is 10.2 Å². The highest BCUT2D eigenvalue weighted by Crippen LogP contribution is 2.36. The molecule has 6 nitrogen and oxygen atoms in total. The Kier molecular flexibility index (Phi) is 2.81. The van der Waals surface area contributed by atoms with Crippen LogP contribution in [0.2, 0.25) is 0 Å². The molecule has 90 valence electrons. The molecule has 0 aliphatic carbocycles. The molecule has 2 rings (SSSR count). The number of hydrogen-bond acceptors (Lipinski definition) is 4. The number of hydrogen-bond donors (Lipinski definition) is 2. The molecule has 0 bridgehead atoms. The standard InChI is InChI=1S/C11H12N2O4/c14-10(15)11(5-6-12-7-11)8-3-1-2-4-9(8)13(16)17/h1-4,12H,5-7H2,(H,14,15). The number of benzene rings is 1. The lowest BCUT2D eigenvalue weighted by molar-refractivity contribution is -0.386. The Morgan fingerprint density at radius 3 is 2.71 bits per heavy atom. The quantitative estimate of drug-likeness (QED) is 0.601. The largest absolute Gasteiger partial charge is 0.481 e. The second-order valence-electron chi connectivity index (χ2n) is 4.09. The lowest BCUT2D eigenvalue weighted by Gasteiger charge is -2.22. The van der Waals surface area contributed by atoms with Gasteiger partial charge < -0.3 is 10.4 Å². The van der Waals surface area contributed by atoms with Gasteiger partial charge in [-0.2, -0.15) is 0 Å². The minimum atomic E-state index is -1.18. The fourth-order valence-corrected chi connectivity index (χ4v) is 2.26. The Labute approximate surface area is 97.4 Å². The van der Waals surface area contributed by atoms with Crippen molar-refractivity contribution in [2.45, 2.75) is 11.8 Å². The van der Waals surface area contributed by atoms with Gasteiger partial charge in [0.25, 0.3) is 5.69 Å². The van der Waals surface area contributed by atoms with Crippen LogP contribution in [0.25, 0.3) is 0 Å². The fraction of sp³-hybridized carbons (Fsp3) is 0.364. The number of carboxylic acids is 1. The van der Waals surface area contributed by atoms with Crippen LogP contribution in [0.1, 0.15) is 12.0 Å². The van der Waals surface area contributed by atoms with Gasteiger partial charge in [0, 0.05) is 18.2 Å². The molecule has 0 amide bonds. The van der Waals surface area contributed by atoms with E-state index in [0.29, 0.717) is 13.0 Å². The lowest BCUT2D eigenvalue weighted by atomic mass is 9.79. The van der Waals surface area contributed by atoms with Crippen LogP contribution in [0.4, 0.5) is 5.69 Å². The van der Waals surface area contributed by atoms with E-state index in [1.54, 1.807) is 12.1 Å².